The first-order chi connectivity index (χ1) is 11.1. The van der Waals surface area contributed by atoms with Crippen LogP contribution in [0.5, 0.6) is 0 Å². The molecule has 1 atom stereocenters. The number of pyridine rings is 1. The van der Waals surface area contributed by atoms with Gasteiger partial charge in [0, 0.05) is 36.6 Å². The summed E-state index contributed by atoms with van der Waals surface area (Å²) in [6.45, 7) is 1.53. The largest absolute Gasteiger partial charge is 0.397 e. The van der Waals surface area contributed by atoms with E-state index in [9.17, 15) is 9.90 Å². The number of carbonyl (C=O) groups is 1. The number of nitrogens with two attached hydrogens (primary N) is 1. The summed E-state index contributed by atoms with van der Waals surface area (Å²) < 4.78 is 0. The number of aromatic nitrogens is 1. The standard InChI is InChI=1S/C17H20N4O2/c18-15-7-14(8-20-9-15)12-1-3-13(4-2-12)16(22)21-11-17(23)5-6-19-10-17/h1-4,7-9,19,23H,5-6,10-11,18H2,(H,21,22)/t17-/m1/s1. The molecule has 1 fully saturated rings. The minimum Gasteiger partial charge on any atom is -0.397 e. The number of rotatable bonds is 4. The van der Waals surface area contributed by atoms with Gasteiger partial charge in [-0.2, -0.15) is 0 Å². The van der Waals surface area contributed by atoms with Gasteiger partial charge in [0.05, 0.1) is 11.3 Å². The molecule has 0 aliphatic carbocycles. The van der Waals surface area contributed by atoms with Gasteiger partial charge in [-0.05, 0) is 36.7 Å². The van der Waals surface area contributed by atoms with Crippen molar-refractivity contribution in [3.8, 4) is 11.1 Å². The SMILES string of the molecule is Nc1cncc(-c2ccc(C(=O)NC[C@@]3(O)CCNC3)cc2)c1. The zero-order valence-corrected chi connectivity index (χ0v) is 12.7. The fraction of sp³-hybridized carbons (Fsp3) is 0.294. The second-order valence-corrected chi connectivity index (χ2v) is 5.92. The smallest absolute Gasteiger partial charge is 0.251 e. The molecule has 0 unspecified atom stereocenters. The lowest BCUT2D eigenvalue weighted by molar-refractivity contribution is 0.0562. The molecule has 23 heavy (non-hydrogen) atoms. The van der Waals surface area contributed by atoms with Crippen LogP contribution < -0.4 is 16.4 Å². The maximum Gasteiger partial charge on any atom is 0.251 e. The number of nitrogens with one attached hydrogen (secondary N) is 2. The third-order valence-electron chi connectivity index (χ3n) is 4.04. The number of aliphatic hydroxyl groups is 1. The third kappa shape index (κ3) is 3.67. The molecule has 6 heteroatoms. The molecule has 0 radical (unpaired) electrons. The van der Waals surface area contributed by atoms with Crippen molar-refractivity contribution < 1.29 is 9.90 Å². The number of nitrogens with zero attached hydrogens (tertiary/aromatic N) is 1. The summed E-state index contributed by atoms with van der Waals surface area (Å²) in [5.41, 5.74) is 7.89. The van der Waals surface area contributed by atoms with Crippen molar-refractivity contribution in [1.29, 1.82) is 0 Å². The Morgan fingerprint density at radius 2 is 2.09 bits per heavy atom. The van der Waals surface area contributed by atoms with E-state index in [1.807, 2.05) is 18.2 Å². The highest BCUT2D eigenvalue weighted by Crippen LogP contribution is 2.21. The maximum atomic E-state index is 12.2. The van der Waals surface area contributed by atoms with Gasteiger partial charge in [-0.25, -0.2) is 0 Å². The van der Waals surface area contributed by atoms with Crippen LogP contribution in [0.2, 0.25) is 0 Å². The number of carbonyl (C=O) groups excluding carboxylic acids is 1. The van der Waals surface area contributed by atoms with E-state index in [-0.39, 0.29) is 12.5 Å². The maximum absolute atomic E-state index is 12.2. The zero-order valence-electron chi connectivity index (χ0n) is 12.7. The Balaban J connectivity index is 1.65. The molecule has 2 aromatic rings. The summed E-state index contributed by atoms with van der Waals surface area (Å²) in [7, 11) is 0. The van der Waals surface area contributed by atoms with Crippen LogP contribution in [0.4, 0.5) is 5.69 Å². The van der Waals surface area contributed by atoms with E-state index in [1.165, 1.54) is 0 Å². The van der Waals surface area contributed by atoms with Crippen LogP contribution >= 0.6 is 0 Å². The van der Waals surface area contributed by atoms with Crippen LogP contribution in [0.25, 0.3) is 11.1 Å². The molecule has 1 saturated heterocycles. The molecule has 0 saturated carbocycles. The molecule has 0 spiro atoms. The van der Waals surface area contributed by atoms with Crippen molar-refractivity contribution in [1.82, 2.24) is 15.6 Å². The number of hydrogen-bond acceptors (Lipinski definition) is 5. The van der Waals surface area contributed by atoms with Crippen molar-refractivity contribution in [3.63, 3.8) is 0 Å². The second kappa shape index (κ2) is 6.36. The summed E-state index contributed by atoms with van der Waals surface area (Å²) in [4.78, 5) is 16.2. The predicted octanol–water partition coefficient (Wildman–Crippen LogP) is 0.785. The van der Waals surface area contributed by atoms with Crippen LogP contribution in [-0.2, 0) is 0 Å². The van der Waals surface area contributed by atoms with Gasteiger partial charge in [-0.3, -0.25) is 9.78 Å². The molecule has 1 aromatic carbocycles. The summed E-state index contributed by atoms with van der Waals surface area (Å²) in [6, 6.07) is 9.06. The minimum absolute atomic E-state index is 0.192. The van der Waals surface area contributed by atoms with Crippen molar-refractivity contribution in [2.24, 2.45) is 0 Å². The quantitative estimate of drug-likeness (QED) is 0.669. The molecule has 1 aliphatic rings. The van der Waals surface area contributed by atoms with Crippen molar-refractivity contribution in [2.75, 3.05) is 25.4 Å². The van der Waals surface area contributed by atoms with Crippen LogP contribution in [-0.4, -0.2) is 41.2 Å². The Labute approximate surface area is 134 Å². The molecule has 1 aliphatic heterocycles. The number of amides is 1. The Bertz CT molecular complexity index is 694. The summed E-state index contributed by atoms with van der Waals surface area (Å²) in [5, 5.41) is 16.1. The van der Waals surface area contributed by atoms with Crippen LogP contribution in [0.1, 0.15) is 16.8 Å². The fourth-order valence-corrected chi connectivity index (χ4v) is 2.66. The average molecular weight is 312 g/mol. The van der Waals surface area contributed by atoms with Crippen LogP contribution in [0, 0.1) is 0 Å². The molecule has 1 amide bonds. The van der Waals surface area contributed by atoms with E-state index < -0.39 is 5.60 Å². The molecular formula is C17H20N4O2. The fourth-order valence-electron chi connectivity index (χ4n) is 2.66. The highest BCUT2D eigenvalue weighted by Gasteiger charge is 2.31. The van der Waals surface area contributed by atoms with Gasteiger partial charge in [-0.1, -0.05) is 12.1 Å². The lowest BCUT2D eigenvalue weighted by Gasteiger charge is -2.21. The van der Waals surface area contributed by atoms with Crippen LogP contribution in [0.15, 0.2) is 42.7 Å². The van der Waals surface area contributed by atoms with Gasteiger partial charge in [-0.15, -0.1) is 0 Å². The zero-order chi connectivity index (χ0) is 16.3. The molecule has 6 nitrogen and oxygen atoms in total. The van der Waals surface area contributed by atoms with Gasteiger partial charge in [0.25, 0.3) is 5.91 Å². The average Bonchev–Trinajstić information content (AvgIpc) is 3.00. The first-order valence-electron chi connectivity index (χ1n) is 7.58. The highest BCUT2D eigenvalue weighted by molar-refractivity contribution is 5.94. The first-order valence-corrected chi connectivity index (χ1v) is 7.58. The van der Waals surface area contributed by atoms with Gasteiger partial charge in [0.2, 0.25) is 0 Å². The lowest BCUT2D eigenvalue weighted by atomic mass is 10.0. The molecule has 2 heterocycles. The number of nitrogen functional groups attached to an aromatic ring is 1. The summed E-state index contributed by atoms with van der Waals surface area (Å²) in [5.74, 6) is -0.192. The van der Waals surface area contributed by atoms with Crippen molar-refractivity contribution in [3.05, 3.63) is 48.3 Å². The Morgan fingerprint density at radius 3 is 2.74 bits per heavy atom. The monoisotopic (exact) mass is 312 g/mol. The van der Waals surface area contributed by atoms with Gasteiger partial charge >= 0.3 is 0 Å². The summed E-state index contributed by atoms with van der Waals surface area (Å²) >= 11 is 0. The Hall–Kier alpha value is -2.44. The Morgan fingerprint density at radius 1 is 1.30 bits per heavy atom. The molecule has 5 N–H and O–H groups in total. The van der Waals surface area contributed by atoms with E-state index >= 15 is 0 Å². The molecule has 0 bridgehead atoms. The van der Waals surface area contributed by atoms with E-state index in [2.05, 4.69) is 15.6 Å². The number of anilines is 1. The Kier molecular flexibility index (Phi) is 4.27. The van der Waals surface area contributed by atoms with Gasteiger partial charge < -0.3 is 21.5 Å². The normalized spacial score (nSPS) is 20.4. The number of β-amino-alcohol motifs (C(OH)–C–C–N with tert-alkyl or cyclic N) is 1. The van der Waals surface area contributed by atoms with Crippen LogP contribution in [0.3, 0.4) is 0 Å². The lowest BCUT2D eigenvalue weighted by Crippen LogP contribution is -2.44. The molecule has 3 rings (SSSR count). The first kappa shape index (κ1) is 15.5. The molecule has 1 aromatic heterocycles. The van der Waals surface area contributed by atoms with E-state index in [1.54, 1.807) is 24.5 Å². The van der Waals surface area contributed by atoms with Gasteiger partial charge in [0.1, 0.15) is 0 Å². The van der Waals surface area contributed by atoms with Crippen molar-refractivity contribution in [2.45, 2.75) is 12.0 Å². The topological polar surface area (TPSA) is 100 Å². The van der Waals surface area contributed by atoms with Gasteiger partial charge in [0.15, 0.2) is 0 Å². The van der Waals surface area contributed by atoms with E-state index in [0.717, 1.165) is 17.7 Å². The van der Waals surface area contributed by atoms with Crippen molar-refractivity contribution >= 4 is 11.6 Å². The van der Waals surface area contributed by atoms with E-state index in [4.69, 9.17) is 5.73 Å². The third-order valence-corrected chi connectivity index (χ3v) is 4.04. The number of benzene rings is 1. The molecule has 120 valence electrons. The number of hydrogen-bond donors (Lipinski definition) is 4. The summed E-state index contributed by atoms with van der Waals surface area (Å²) in [6.07, 6.45) is 3.97. The second-order valence-electron chi connectivity index (χ2n) is 5.92. The molecular weight excluding hydrogens is 292 g/mol. The minimum atomic E-state index is -0.844. The predicted molar refractivity (Wildman–Crippen MR) is 88.9 cm³/mol. The van der Waals surface area contributed by atoms with E-state index in [0.29, 0.717) is 24.2 Å². The highest BCUT2D eigenvalue weighted by atomic mass is 16.3.